The van der Waals surface area contributed by atoms with Crippen LogP contribution < -0.4 is 10.2 Å². The van der Waals surface area contributed by atoms with Crippen LogP contribution in [0.2, 0.25) is 0 Å². The molecule has 6 heteroatoms. The molecule has 28 heavy (non-hydrogen) atoms. The van der Waals surface area contributed by atoms with Crippen LogP contribution in [0.3, 0.4) is 0 Å². The second-order valence-electron chi connectivity index (χ2n) is 6.52. The summed E-state index contributed by atoms with van der Waals surface area (Å²) in [5, 5.41) is 3.64. The second-order valence-corrected chi connectivity index (χ2v) is 6.52. The lowest BCUT2D eigenvalue weighted by Crippen LogP contribution is -3.11. The van der Waals surface area contributed by atoms with Gasteiger partial charge in [0.1, 0.15) is 18.7 Å². The predicted octanol–water partition coefficient (Wildman–Crippen LogP) is 2.77. The second kappa shape index (κ2) is 9.19. The van der Waals surface area contributed by atoms with Crippen molar-refractivity contribution in [3.05, 3.63) is 65.9 Å². The SMILES string of the molecule is CC[NH+](CC)CCOC(=O)c1ccc(NC(=O)c2cc3ccccc3o2)cc1. The van der Waals surface area contributed by atoms with Crippen LogP contribution in [0.25, 0.3) is 11.0 Å². The highest BCUT2D eigenvalue weighted by molar-refractivity contribution is 6.04. The number of benzene rings is 2. The molecule has 146 valence electrons. The molecule has 1 amide bonds. The van der Waals surface area contributed by atoms with Gasteiger partial charge >= 0.3 is 5.97 Å². The zero-order chi connectivity index (χ0) is 19.9. The molecule has 0 aliphatic carbocycles. The van der Waals surface area contributed by atoms with Crippen molar-refractivity contribution < 1.29 is 23.6 Å². The van der Waals surface area contributed by atoms with Crippen molar-refractivity contribution in [2.24, 2.45) is 0 Å². The molecule has 0 atom stereocenters. The Morgan fingerprint density at radius 3 is 2.43 bits per heavy atom. The van der Waals surface area contributed by atoms with E-state index in [-0.39, 0.29) is 17.6 Å². The molecule has 0 aliphatic heterocycles. The van der Waals surface area contributed by atoms with Crippen LogP contribution in [0.5, 0.6) is 0 Å². The summed E-state index contributed by atoms with van der Waals surface area (Å²) >= 11 is 0. The van der Waals surface area contributed by atoms with Crippen molar-refractivity contribution in [1.82, 2.24) is 0 Å². The number of fused-ring (bicyclic) bond motifs is 1. The van der Waals surface area contributed by atoms with Gasteiger partial charge in [0, 0.05) is 11.1 Å². The summed E-state index contributed by atoms with van der Waals surface area (Å²) in [6, 6.07) is 15.8. The van der Waals surface area contributed by atoms with Crippen LogP contribution >= 0.6 is 0 Å². The van der Waals surface area contributed by atoms with E-state index >= 15 is 0 Å². The van der Waals surface area contributed by atoms with Gasteiger partial charge in [-0.3, -0.25) is 4.79 Å². The van der Waals surface area contributed by atoms with Crippen LogP contribution in [-0.4, -0.2) is 38.1 Å². The Balaban J connectivity index is 1.56. The first-order valence-corrected chi connectivity index (χ1v) is 9.51. The zero-order valence-electron chi connectivity index (χ0n) is 16.2. The average Bonchev–Trinajstić information content (AvgIpc) is 3.16. The minimum absolute atomic E-state index is 0.239. The molecule has 0 unspecified atom stereocenters. The number of nitrogens with one attached hydrogen (secondary N) is 2. The van der Waals surface area contributed by atoms with Gasteiger partial charge in [-0.15, -0.1) is 0 Å². The van der Waals surface area contributed by atoms with E-state index in [2.05, 4.69) is 19.2 Å². The van der Waals surface area contributed by atoms with E-state index in [0.717, 1.165) is 25.0 Å². The fourth-order valence-electron chi connectivity index (χ4n) is 2.95. The Morgan fingerprint density at radius 2 is 1.75 bits per heavy atom. The lowest BCUT2D eigenvalue weighted by Gasteiger charge is -2.15. The van der Waals surface area contributed by atoms with Crippen LogP contribution in [0, 0.1) is 0 Å². The van der Waals surface area contributed by atoms with E-state index in [4.69, 9.17) is 9.15 Å². The van der Waals surface area contributed by atoms with Crippen molar-refractivity contribution in [3.8, 4) is 0 Å². The van der Waals surface area contributed by atoms with Crippen LogP contribution in [-0.2, 0) is 4.74 Å². The van der Waals surface area contributed by atoms with Gasteiger partial charge in [0.2, 0.25) is 0 Å². The molecule has 6 nitrogen and oxygen atoms in total. The number of hydrogen-bond donors (Lipinski definition) is 2. The Hall–Kier alpha value is -3.12. The molecular formula is C22H25N2O4+. The number of likely N-dealkylation sites (N-methyl/N-ethyl adjacent to an activating group) is 1. The highest BCUT2D eigenvalue weighted by Gasteiger charge is 2.13. The van der Waals surface area contributed by atoms with E-state index in [1.165, 1.54) is 4.90 Å². The summed E-state index contributed by atoms with van der Waals surface area (Å²) in [7, 11) is 0. The van der Waals surface area contributed by atoms with Gasteiger partial charge in [0.05, 0.1) is 18.7 Å². The average molecular weight is 381 g/mol. The monoisotopic (exact) mass is 381 g/mol. The molecule has 3 aromatic rings. The summed E-state index contributed by atoms with van der Waals surface area (Å²) in [5.41, 5.74) is 1.70. The molecule has 1 heterocycles. The zero-order valence-corrected chi connectivity index (χ0v) is 16.2. The maximum absolute atomic E-state index is 12.4. The van der Waals surface area contributed by atoms with E-state index < -0.39 is 0 Å². The van der Waals surface area contributed by atoms with Crippen molar-refractivity contribution in [2.45, 2.75) is 13.8 Å². The largest absolute Gasteiger partial charge is 0.456 e. The quantitative estimate of drug-likeness (QED) is 0.589. The number of carbonyl (C=O) groups is 2. The molecule has 0 radical (unpaired) electrons. The first-order valence-electron chi connectivity index (χ1n) is 9.51. The number of ether oxygens (including phenoxy) is 1. The first-order chi connectivity index (χ1) is 13.6. The van der Waals surface area contributed by atoms with Gasteiger partial charge in [-0.25, -0.2) is 4.79 Å². The van der Waals surface area contributed by atoms with Crippen LogP contribution in [0.15, 0.2) is 59.0 Å². The number of para-hydroxylation sites is 1. The summed E-state index contributed by atoms with van der Waals surface area (Å²) < 4.78 is 10.9. The minimum Gasteiger partial charge on any atom is -0.456 e. The van der Waals surface area contributed by atoms with Gasteiger partial charge in [-0.05, 0) is 50.2 Å². The normalized spacial score (nSPS) is 11.0. The number of carbonyl (C=O) groups excluding carboxylic acids is 2. The molecule has 1 aromatic heterocycles. The van der Waals surface area contributed by atoms with Crippen molar-refractivity contribution in [1.29, 1.82) is 0 Å². The molecule has 0 saturated heterocycles. The Labute approximate surface area is 164 Å². The number of rotatable bonds is 8. The van der Waals surface area contributed by atoms with Gasteiger partial charge < -0.3 is 19.4 Å². The highest BCUT2D eigenvalue weighted by atomic mass is 16.5. The fraction of sp³-hybridized carbons (Fsp3) is 0.273. The molecule has 0 spiro atoms. The Bertz CT molecular complexity index is 910. The topological polar surface area (TPSA) is 73.0 Å². The molecule has 0 bridgehead atoms. The summed E-state index contributed by atoms with van der Waals surface area (Å²) in [5.74, 6) is -0.459. The molecule has 0 fully saturated rings. The minimum atomic E-state index is -0.360. The number of furan rings is 1. The molecule has 0 aliphatic rings. The number of hydrogen-bond acceptors (Lipinski definition) is 4. The highest BCUT2D eigenvalue weighted by Crippen LogP contribution is 2.20. The van der Waals surface area contributed by atoms with Gasteiger partial charge in [0.25, 0.3) is 5.91 Å². The molecule has 2 N–H and O–H groups in total. The predicted molar refractivity (Wildman–Crippen MR) is 108 cm³/mol. The molecule has 3 rings (SSSR count). The number of esters is 1. The lowest BCUT2D eigenvalue weighted by atomic mass is 10.2. The summed E-state index contributed by atoms with van der Waals surface area (Å²) in [6.45, 7) is 7.42. The smallest absolute Gasteiger partial charge is 0.338 e. The molecule has 2 aromatic carbocycles. The maximum atomic E-state index is 12.4. The Kier molecular flexibility index (Phi) is 6.45. The molecular weight excluding hydrogens is 356 g/mol. The van der Waals surface area contributed by atoms with E-state index in [1.54, 1.807) is 30.3 Å². The van der Waals surface area contributed by atoms with E-state index in [1.807, 2.05) is 24.3 Å². The summed E-state index contributed by atoms with van der Waals surface area (Å²) in [6.07, 6.45) is 0. The lowest BCUT2D eigenvalue weighted by molar-refractivity contribution is -0.896. The third-order valence-electron chi connectivity index (χ3n) is 4.72. The number of amides is 1. The standard InChI is InChI=1S/C22H24N2O4/c1-3-24(4-2)13-14-27-22(26)16-9-11-18(12-10-16)23-21(25)20-15-17-7-5-6-8-19(17)28-20/h5-12,15H,3-4,13-14H2,1-2H3,(H,23,25)/p+1. The van der Waals surface area contributed by atoms with Crippen molar-refractivity contribution in [2.75, 3.05) is 31.6 Å². The number of anilines is 1. The van der Waals surface area contributed by atoms with Crippen LogP contribution in [0.4, 0.5) is 5.69 Å². The number of quaternary nitrogens is 1. The van der Waals surface area contributed by atoms with Gasteiger partial charge in [-0.1, -0.05) is 18.2 Å². The third kappa shape index (κ3) is 4.78. The summed E-state index contributed by atoms with van der Waals surface area (Å²) in [4.78, 5) is 25.9. The van der Waals surface area contributed by atoms with Crippen LogP contribution in [0.1, 0.15) is 34.8 Å². The van der Waals surface area contributed by atoms with E-state index in [9.17, 15) is 9.59 Å². The van der Waals surface area contributed by atoms with Gasteiger partial charge in [0.15, 0.2) is 5.76 Å². The first kappa shape index (κ1) is 19.6. The van der Waals surface area contributed by atoms with E-state index in [0.29, 0.717) is 23.4 Å². The fourth-order valence-corrected chi connectivity index (χ4v) is 2.95. The van der Waals surface area contributed by atoms with Crippen molar-refractivity contribution in [3.63, 3.8) is 0 Å². The maximum Gasteiger partial charge on any atom is 0.338 e. The van der Waals surface area contributed by atoms with Gasteiger partial charge in [-0.2, -0.15) is 0 Å². The third-order valence-corrected chi connectivity index (χ3v) is 4.72. The Morgan fingerprint density at radius 1 is 1.04 bits per heavy atom. The van der Waals surface area contributed by atoms with Crippen molar-refractivity contribution >= 4 is 28.5 Å². The molecule has 0 saturated carbocycles.